The average molecular weight is 163 g/mol. The first kappa shape index (κ1) is 7.47. The Morgan fingerprint density at radius 1 is 1.42 bits per heavy atom. The lowest BCUT2D eigenvalue weighted by Crippen LogP contribution is -1.97. The third-order valence-electron chi connectivity index (χ3n) is 1.83. The molecule has 1 fully saturated rings. The molecule has 0 spiro atoms. The summed E-state index contributed by atoms with van der Waals surface area (Å²) >= 11 is 0. The molecule has 0 heterocycles. The Balaban J connectivity index is 2.15. The number of benzene rings is 1. The molecule has 2 nitrogen and oxygen atoms in total. The van der Waals surface area contributed by atoms with Crippen LogP contribution >= 0.6 is 0 Å². The van der Waals surface area contributed by atoms with Crippen LogP contribution in [0.25, 0.3) is 0 Å². The molecule has 2 rings (SSSR count). The van der Waals surface area contributed by atoms with Crippen molar-refractivity contribution in [1.82, 2.24) is 0 Å². The molecule has 1 aliphatic carbocycles. The number of ether oxygens (including phenoxy) is 2. The van der Waals surface area contributed by atoms with E-state index in [0.717, 1.165) is 24.3 Å². The summed E-state index contributed by atoms with van der Waals surface area (Å²) in [6.07, 6.45) is 2.74. The lowest BCUT2D eigenvalue weighted by molar-refractivity contribution is 0.282. The Bertz CT molecular complexity index is 266. The molecule has 0 N–H and O–H groups in total. The van der Waals surface area contributed by atoms with Crippen molar-refractivity contribution < 1.29 is 9.47 Å². The van der Waals surface area contributed by atoms with Gasteiger partial charge in [-0.15, -0.1) is 0 Å². The first-order chi connectivity index (χ1) is 5.90. The van der Waals surface area contributed by atoms with E-state index in [4.69, 9.17) is 9.47 Å². The summed E-state index contributed by atoms with van der Waals surface area (Å²) in [5.74, 6) is 1.60. The van der Waals surface area contributed by atoms with E-state index in [-0.39, 0.29) is 0 Å². The van der Waals surface area contributed by atoms with Gasteiger partial charge in [0.2, 0.25) is 0 Å². The zero-order valence-electron chi connectivity index (χ0n) is 7.04. The second-order valence-electron chi connectivity index (χ2n) is 2.89. The van der Waals surface area contributed by atoms with Gasteiger partial charge >= 0.3 is 0 Å². The summed E-state index contributed by atoms with van der Waals surface area (Å²) in [7, 11) is 1.65. The van der Waals surface area contributed by atoms with Gasteiger partial charge in [0.15, 0.2) is 11.5 Å². The lowest BCUT2D eigenvalue weighted by atomic mass is 10.3. The van der Waals surface area contributed by atoms with Crippen LogP contribution in [-0.2, 0) is 0 Å². The van der Waals surface area contributed by atoms with Crippen molar-refractivity contribution in [3.05, 3.63) is 24.3 Å². The van der Waals surface area contributed by atoms with Gasteiger partial charge in [-0.25, -0.2) is 0 Å². The highest BCUT2D eigenvalue weighted by molar-refractivity contribution is 5.39. The predicted molar refractivity (Wildman–Crippen MR) is 45.5 cm³/mol. The van der Waals surface area contributed by atoms with Crippen LogP contribution in [0.2, 0.25) is 0 Å². The van der Waals surface area contributed by atoms with E-state index in [1.165, 1.54) is 0 Å². The Morgan fingerprint density at radius 2 is 2.25 bits per heavy atom. The maximum absolute atomic E-state index is 5.59. The van der Waals surface area contributed by atoms with E-state index in [1.54, 1.807) is 7.11 Å². The summed E-state index contributed by atoms with van der Waals surface area (Å²) in [5, 5.41) is 0. The van der Waals surface area contributed by atoms with Crippen LogP contribution < -0.4 is 9.47 Å². The van der Waals surface area contributed by atoms with Gasteiger partial charge in [-0.2, -0.15) is 0 Å². The molecule has 1 saturated carbocycles. The van der Waals surface area contributed by atoms with E-state index in [0.29, 0.717) is 6.10 Å². The van der Waals surface area contributed by atoms with Crippen molar-refractivity contribution in [2.45, 2.75) is 18.9 Å². The van der Waals surface area contributed by atoms with Crippen molar-refractivity contribution in [3.63, 3.8) is 0 Å². The molecule has 0 unspecified atom stereocenters. The lowest BCUT2D eigenvalue weighted by Gasteiger charge is -2.08. The molecule has 0 aromatic heterocycles. The molecule has 12 heavy (non-hydrogen) atoms. The maximum Gasteiger partial charge on any atom is 0.162 e. The summed E-state index contributed by atoms with van der Waals surface area (Å²) in [4.78, 5) is 0. The van der Waals surface area contributed by atoms with E-state index in [2.05, 4.69) is 6.07 Å². The third-order valence-corrected chi connectivity index (χ3v) is 1.83. The monoisotopic (exact) mass is 163 g/mol. The molecule has 1 aliphatic rings. The minimum Gasteiger partial charge on any atom is -0.493 e. The smallest absolute Gasteiger partial charge is 0.162 e. The molecule has 2 heteroatoms. The van der Waals surface area contributed by atoms with Crippen molar-refractivity contribution in [2.24, 2.45) is 0 Å². The van der Waals surface area contributed by atoms with Gasteiger partial charge in [0.25, 0.3) is 0 Å². The summed E-state index contributed by atoms with van der Waals surface area (Å²) in [6.45, 7) is 0. The molecule has 0 atom stereocenters. The topological polar surface area (TPSA) is 18.5 Å². The summed E-state index contributed by atoms with van der Waals surface area (Å²) in [5.41, 5.74) is 0. The van der Waals surface area contributed by atoms with Gasteiger partial charge in [0.05, 0.1) is 13.2 Å². The van der Waals surface area contributed by atoms with Crippen LogP contribution in [0.4, 0.5) is 0 Å². The van der Waals surface area contributed by atoms with Crippen LogP contribution in [0.5, 0.6) is 11.5 Å². The minimum atomic E-state index is 0.412. The molecule has 1 radical (unpaired) electrons. The standard InChI is InChI=1S/C10H11O2/c1-11-9-4-2-3-5-10(9)12-8-6-7-8/h2,4-5,8H,6-7H2,1H3. The molecule has 0 bridgehead atoms. The van der Waals surface area contributed by atoms with Gasteiger partial charge < -0.3 is 9.47 Å². The zero-order valence-corrected chi connectivity index (χ0v) is 7.04. The van der Waals surface area contributed by atoms with Crippen molar-refractivity contribution in [1.29, 1.82) is 0 Å². The van der Waals surface area contributed by atoms with Gasteiger partial charge in [0.1, 0.15) is 0 Å². The Morgan fingerprint density at radius 3 is 2.92 bits per heavy atom. The maximum atomic E-state index is 5.59. The van der Waals surface area contributed by atoms with E-state index >= 15 is 0 Å². The van der Waals surface area contributed by atoms with E-state index in [9.17, 15) is 0 Å². The van der Waals surface area contributed by atoms with Crippen LogP contribution in [0.1, 0.15) is 12.8 Å². The van der Waals surface area contributed by atoms with Crippen LogP contribution in [-0.4, -0.2) is 13.2 Å². The number of hydrogen-bond acceptors (Lipinski definition) is 2. The van der Waals surface area contributed by atoms with Gasteiger partial charge in [-0.1, -0.05) is 6.07 Å². The highest BCUT2D eigenvalue weighted by Gasteiger charge is 2.24. The molecular formula is C10H11O2. The normalized spacial score (nSPS) is 15.8. The Kier molecular flexibility index (Phi) is 1.90. The fourth-order valence-electron chi connectivity index (χ4n) is 1.03. The minimum absolute atomic E-state index is 0.412. The van der Waals surface area contributed by atoms with Crippen LogP contribution in [0.3, 0.4) is 0 Å². The Labute approximate surface area is 72.1 Å². The molecule has 63 valence electrons. The second kappa shape index (κ2) is 3.05. The van der Waals surface area contributed by atoms with Crippen molar-refractivity contribution >= 4 is 0 Å². The molecule has 0 aliphatic heterocycles. The molecular weight excluding hydrogens is 152 g/mol. The molecule has 0 amide bonds. The predicted octanol–water partition coefficient (Wildman–Crippen LogP) is 2.04. The summed E-state index contributed by atoms with van der Waals surface area (Å²) < 4.78 is 10.7. The quantitative estimate of drug-likeness (QED) is 0.678. The molecule has 1 aromatic carbocycles. The van der Waals surface area contributed by atoms with Crippen molar-refractivity contribution in [3.8, 4) is 11.5 Å². The van der Waals surface area contributed by atoms with Gasteiger partial charge in [0, 0.05) is 0 Å². The fourth-order valence-corrected chi connectivity index (χ4v) is 1.03. The highest BCUT2D eigenvalue weighted by Crippen LogP contribution is 2.32. The van der Waals surface area contributed by atoms with Gasteiger partial charge in [-0.05, 0) is 31.0 Å². The first-order valence-corrected chi connectivity index (χ1v) is 4.11. The van der Waals surface area contributed by atoms with Gasteiger partial charge in [-0.3, -0.25) is 0 Å². The second-order valence-corrected chi connectivity index (χ2v) is 2.89. The number of rotatable bonds is 3. The molecule has 0 saturated heterocycles. The van der Waals surface area contributed by atoms with Crippen LogP contribution in [0, 0.1) is 6.07 Å². The molecule has 1 aromatic rings. The third kappa shape index (κ3) is 1.52. The summed E-state index contributed by atoms with van der Waals surface area (Å²) in [6, 6.07) is 8.46. The fraction of sp³-hybridized carbons (Fsp3) is 0.400. The van der Waals surface area contributed by atoms with E-state index in [1.807, 2.05) is 18.2 Å². The SMILES string of the molecule is COc1cc[c]cc1OC1CC1. The number of methoxy groups -OCH3 is 1. The largest absolute Gasteiger partial charge is 0.493 e. The van der Waals surface area contributed by atoms with Crippen LogP contribution in [0.15, 0.2) is 18.2 Å². The van der Waals surface area contributed by atoms with Crippen molar-refractivity contribution in [2.75, 3.05) is 7.11 Å². The highest BCUT2D eigenvalue weighted by atomic mass is 16.5. The van der Waals surface area contributed by atoms with E-state index < -0.39 is 0 Å². The number of hydrogen-bond donors (Lipinski definition) is 0. The average Bonchev–Trinajstić information content (AvgIpc) is 2.89. The zero-order chi connectivity index (χ0) is 8.39. The first-order valence-electron chi connectivity index (χ1n) is 4.11. The Hall–Kier alpha value is -1.18.